The van der Waals surface area contributed by atoms with Gasteiger partial charge in [0.25, 0.3) is 0 Å². The number of urea groups is 1. The Kier molecular flexibility index (Phi) is 7.03. The molecule has 7 heteroatoms. The number of hydrogen-bond acceptors (Lipinski definition) is 4. The zero-order valence-corrected chi connectivity index (χ0v) is 12.3. The van der Waals surface area contributed by atoms with Gasteiger partial charge in [-0.3, -0.25) is 0 Å². The normalized spacial score (nSPS) is 10.2. The number of aliphatic carboxylic acids is 1. The van der Waals surface area contributed by atoms with Crippen LogP contribution in [0.15, 0.2) is 24.3 Å². The van der Waals surface area contributed by atoms with Crippen LogP contribution in [0.1, 0.15) is 6.92 Å². The minimum absolute atomic E-state index is 0.279. The van der Waals surface area contributed by atoms with E-state index in [1.54, 1.807) is 24.3 Å². The van der Waals surface area contributed by atoms with Gasteiger partial charge in [0, 0.05) is 18.8 Å². The molecule has 1 rings (SSSR count). The van der Waals surface area contributed by atoms with Crippen molar-refractivity contribution in [2.45, 2.75) is 6.92 Å². The fourth-order valence-corrected chi connectivity index (χ4v) is 1.47. The molecule has 1 aromatic rings. The Morgan fingerprint density at radius 3 is 2.52 bits per heavy atom. The summed E-state index contributed by atoms with van der Waals surface area (Å²) in [6, 6.07) is 6.22. The highest BCUT2D eigenvalue weighted by Crippen LogP contribution is 2.15. The van der Waals surface area contributed by atoms with Crippen LogP contribution in [-0.4, -0.2) is 55.3 Å². The minimum atomic E-state index is -1.03. The van der Waals surface area contributed by atoms with E-state index in [1.807, 2.05) is 14.0 Å². The molecule has 0 aromatic heterocycles. The molecular weight excluding hydrogens is 274 g/mol. The largest absolute Gasteiger partial charge is 0.482 e. The third-order valence-corrected chi connectivity index (χ3v) is 2.79. The summed E-state index contributed by atoms with van der Waals surface area (Å²) in [7, 11) is 1.98. The van der Waals surface area contributed by atoms with E-state index in [4.69, 9.17) is 9.84 Å². The highest BCUT2D eigenvalue weighted by Gasteiger charge is 2.03. The fourth-order valence-electron chi connectivity index (χ4n) is 1.47. The molecule has 1 aromatic carbocycles. The zero-order chi connectivity index (χ0) is 15.7. The third kappa shape index (κ3) is 7.17. The quantitative estimate of drug-likeness (QED) is 0.671. The van der Waals surface area contributed by atoms with Gasteiger partial charge in [0.15, 0.2) is 6.61 Å². The topological polar surface area (TPSA) is 90.9 Å². The number of hydrogen-bond donors (Lipinski definition) is 3. The molecule has 0 saturated heterocycles. The van der Waals surface area contributed by atoms with Crippen molar-refractivity contribution >= 4 is 17.7 Å². The number of carbonyl (C=O) groups is 2. The van der Waals surface area contributed by atoms with Gasteiger partial charge in [-0.15, -0.1) is 0 Å². The zero-order valence-electron chi connectivity index (χ0n) is 12.3. The van der Waals surface area contributed by atoms with Crippen molar-refractivity contribution in [3.8, 4) is 5.75 Å². The first-order chi connectivity index (χ1) is 10.0. The van der Waals surface area contributed by atoms with Crippen molar-refractivity contribution in [3.05, 3.63) is 24.3 Å². The predicted octanol–water partition coefficient (Wildman–Crippen LogP) is 1.22. The van der Waals surface area contributed by atoms with Crippen molar-refractivity contribution in [1.29, 1.82) is 0 Å². The summed E-state index contributed by atoms with van der Waals surface area (Å²) in [4.78, 5) is 24.1. The predicted molar refractivity (Wildman–Crippen MR) is 79.8 cm³/mol. The van der Waals surface area contributed by atoms with Gasteiger partial charge in [-0.25, -0.2) is 9.59 Å². The van der Waals surface area contributed by atoms with Crippen molar-refractivity contribution in [2.24, 2.45) is 0 Å². The molecule has 0 unspecified atom stereocenters. The Morgan fingerprint density at radius 2 is 1.95 bits per heavy atom. The SMILES string of the molecule is CCN(C)CCNC(=O)Nc1ccc(OCC(=O)O)cc1. The summed E-state index contributed by atoms with van der Waals surface area (Å²) in [5.41, 5.74) is 0.610. The van der Waals surface area contributed by atoms with E-state index in [2.05, 4.69) is 15.5 Å². The van der Waals surface area contributed by atoms with Crippen LogP contribution in [0.2, 0.25) is 0 Å². The number of carboxylic acid groups (broad SMARTS) is 1. The van der Waals surface area contributed by atoms with Gasteiger partial charge in [0.2, 0.25) is 0 Å². The standard InChI is InChI=1S/C14H21N3O4/c1-3-17(2)9-8-15-14(20)16-11-4-6-12(7-5-11)21-10-13(18)19/h4-7H,3,8-10H2,1-2H3,(H,18,19)(H2,15,16,20). The van der Waals surface area contributed by atoms with Crippen LogP contribution in [0, 0.1) is 0 Å². The summed E-state index contributed by atoms with van der Waals surface area (Å²) >= 11 is 0. The molecule has 2 amide bonds. The van der Waals surface area contributed by atoms with Crippen molar-refractivity contribution in [1.82, 2.24) is 10.2 Å². The third-order valence-electron chi connectivity index (χ3n) is 2.79. The summed E-state index contributed by atoms with van der Waals surface area (Å²) in [5.74, 6) is -0.596. The van der Waals surface area contributed by atoms with E-state index in [0.29, 0.717) is 18.0 Å². The van der Waals surface area contributed by atoms with E-state index >= 15 is 0 Å². The van der Waals surface area contributed by atoms with Gasteiger partial charge in [-0.1, -0.05) is 6.92 Å². The van der Waals surface area contributed by atoms with E-state index in [-0.39, 0.29) is 6.03 Å². The number of amides is 2. The van der Waals surface area contributed by atoms with Crippen molar-refractivity contribution in [3.63, 3.8) is 0 Å². The molecule has 0 saturated carbocycles. The average molecular weight is 295 g/mol. The Bertz CT molecular complexity index is 462. The van der Waals surface area contributed by atoms with E-state index < -0.39 is 12.6 Å². The van der Waals surface area contributed by atoms with E-state index in [0.717, 1.165) is 13.1 Å². The van der Waals surface area contributed by atoms with Crippen LogP contribution in [0.5, 0.6) is 5.75 Å². The monoisotopic (exact) mass is 295 g/mol. The number of ether oxygens (including phenoxy) is 1. The summed E-state index contributed by atoms with van der Waals surface area (Å²) in [6.45, 7) is 3.94. The van der Waals surface area contributed by atoms with Crippen LogP contribution in [0.3, 0.4) is 0 Å². The second-order valence-electron chi connectivity index (χ2n) is 4.48. The molecule has 0 fully saturated rings. The van der Waals surface area contributed by atoms with Crippen molar-refractivity contribution < 1.29 is 19.4 Å². The Morgan fingerprint density at radius 1 is 1.29 bits per heavy atom. The average Bonchev–Trinajstić information content (AvgIpc) is 2.46. The number of nitrogens with one attached hydrogen (secondary N) is 2. The lowest BCUT2D eigenvalue weighted by atomic mass is 10.3. The van der Waals surface area contributed by atoms with Gasteiger partial charge >= 0.3 is 12.0 Å². The number of anilines is 1. The summed E-state index contributed by atoms with van der Waals surface area (Å²) in [5, 5.41) is 13.9. The fraction of sp³-hybridized carbons (Fsp3) is 0.429. The number of rotatable bonds is 8. The Labute approximate surface area is 123 Å². The number of benzene rings is 1. The Balaban J connectivity index is 2.34. The van der Waals surface area contributed by atoms with Gasteiger partial charge in [0.05, 0.1) is 0 Å². The minimum Gasteiger partial charge on any atom is -0.482 e. The molecule has 0 aliphatic carbocycles. The van der Waals surface area contributed by atoms with Crippen LogP contribution < -0.4 is 15.4 Å². The van der Waals surface area contributed by atoms with Crippen molar-refractivity contribution in [2.75, 3.05) is 38.6 Å². The Hall–Kier alpha value is -2.28. The lowest BCUT2D eigenvalue weighted by molar-refractivity contribution is -0.139. The molecule has 116 valence electrons. The highest BCUT2D eigenvalue weighted by atomic mass is 16.5. The maximum absolute atomic E-state index is 11.6. The first-order valence-electron chi connectivity index (χ1n) is 6.69. The van der Waals surface area contributed by atoms with Crippen LogP contribution in [0.25, 0.3) is 0 Å². The molecule has 0 atom stereocenters. The molecular formula is C14H21N3O4. The van der Waals surface area contributed by atoms with Crippen LogP contribution >= 0.6 is 0 Å². The molecule has 0 aliphatic rings. The molecule has 0 spiro atoms. The van der Waals surface area contributed by atoms with Crippen LogP contribution in [0.4, 0.5) is 10.5 Å². The maximum Gasteiger partial charge on any atom is 0.341 e. The first kappa shape index (κ1) is 16.8. The lowest BCUT2D eigenvalue weighted by Crippen LogP contribution is -2.35. The molecule has 7 nitrogen and oxygen atoms in total. The van der Waals surface area contributed by atoms with Gasteiger partial charge in [-0.05, 0) is 37.9 Å². The summed E-state index contributed by atoms with van der Waals surface area (Å²) in [6.07, 6.45) is 0. The lowest BCUT2D eigenvalue weighted by Gasteiger charge is -2.14. The number of likely N-dealkylation sites (N-methyl/N-ethyl adjacent to an activating group) is 1. The molecule has 21 heavy (non-hydrogen) atoms. The number of nitrogens with zero attached hydrogens (tertiary/aromatic N) is 1. The first-order valence-corrected chi connectivity index (χ1v) is 6.69. The van der Waals surface area contributed by atoms with E-state index in [1.165, 1.54) is 0 Å². The van der Waals surface area contributed by atoms with Gasteiger partial charge in [-0.2, -0.15) is 0 Å². The van der Waals surface area contributed by atoms with Gasteiger partial charge in [0.1, 0.15) is 5.75 Å². The molecule has 0 radical (unpaired) electrons. The second-order valence-corrected chi connectivity index (χ2v) is 4.48. The number of carboxylic acids is 1. The molecule has 0 aliphatic heterocycles. The number of carbonyl (C=O) groups excluding carboxylic acids is 1. The molecule has 0 bridgehead atoms. The van der Waals surface area contributed by atoms with Gasteiger partial charge < -0.3 is 25.4 Å². The smallest absolute Gasteiger partial charge is 0.341 e. The highest BCUT2D eigenvalue weighted by molar-refractivity contribution is 5.89. The molecule has 0 heterocycles. The summed E-state index contributed by atoms with van der Waals surface area (Å²) < 4.78 is 5.00. The second kappa shape index (κ2) is 8.80. The van der Waals surface area contributed by atoms with Crippen LogP contribution in [-0.2, 0) is 4.79 Å². The maximum atomic E-state index is 11.6. The molecule has 3 N–H and O–H groups in total. The van der Waals surface area contributed by atoms with E-state index in [9.17, 15) is 9.59 Å².